The first kappa shape index (κ1) is 18.7. The summed E-state index contributed by atoms with van der Waals surface area (Å²) in [6.07, 6.45) is 5.60. The average Bonchev–Trinajstić information content (AvgIpc) is 3.13. The molecule has 9 heteroatoms. The van der Waals surface area contributed by atoms with Gasteiger partial charge >= 0.3 is 6.03 Å². The fraction of sp³-hybridized carbons (Fsp3) is 0.529. The molecule has 0 saturated carbocycles. The van der Waals surface area contributed by atoms with Gasteiger partial charge < -0.3 is 19.5 Å². The molecule has 1 aliphatic rings. The number of nitrogens with one attached hydrogen (secondary N) is 1. The number of nitrogens with zero attached hydrogens (tertiary/aromatic N) is 4. The number of carbonyl (C=O) groups excluding carboxylic acids is 1. The summed E-state index contributed by atoms with van der Waals surface area (Å²) in [5.74, 6) is 1.75. The molecule has 26 heavy (non-hydrogen) atoms. The van der Waals surface area contributed by atoms with Gasteiger partial charge in [-0.3, -0.25) is 4.98 Å². The van der Waals surface area contributed by atoms with Crippen LogP contribution < -0.4 is 5.32 Å². The SMILES string of the molecule is CSCc1noc(CNC(=O)N2CCCC(OCc3ccccn3)C2)n1. The van der Waals surface area contributed by atoms with Gasteiger partial charge in [-0.15, -0.1) is 0 Å². The van der Waals surface area contributed by atoms with Gasteiger partial charge in [0.2, 0.25) is 5.89 Å². The Kier molecular flexibility index (Phi) is 6.84. The molecule has 0 aromatic carbocycles. The van der Waals surface area contributed by atoms with Crippen molar-refractivity contribution in [3.05, 3.63) is 41.8 Å². The second-order valence-corrected chi connectivity index (χ2v) is 6.90. The van der Waals surface area contributed by atoms with E-state index in [2.05, 4.69) is 20.4 Å². The fourth-order valence-corrected chi connectivity index (χ4v) is 3.13. The number of piperidine rings is 1. The second-order valence-electron chi connectivity index (χ2n) is 6.04. The highest BCUT2D eigenvalue weighted by Crippen LogP contribution is 2.15. The van der Waals surface area contributed by atoms with E-state index in [0.29, 0.717) is 30.6 Å². The Labute approximate surface area is 156 Å². The highest BCUT2D eigenvalue weighted by atomic mass is 32.2. The first-order valence-corrected chi connectivity index (χ1v) is 9.98. The molecule has 8 nitrogen and oxygen atoms in total. The van der Waals surface area contributed by atoms with Crippen molar-refractivity contribution >= 4 is 17.8 Å². The zero-order valence-electron chi connectivity index (χ0n) is 14.8. The number of hydrogen-bond acceptors (Lipinski definition) is 7. The standard InChI is InChI=1S/C17H23N5O3S/c1-26-12-15-20-16(25-21-15)9-19-17(23)22-8-4-6-14(10-22)24-11-13-5-2-3-7-18-13/h2-3,5,7,14H,4,6,8-12H2,1H3,(H,19,23). The molecule has 1 atom stereocenters. The topological polar surface area (TPSA) is 93.4 Å². The van der Waals surface area contributed by atoms with E-state index in [9.17, 15) is 4.79 Å². The van der Waals surface area contributed by atoms with E-state index >= 15 is 0 Å². The van der Waals surface area contributed by atoms with Crippen molar-refractivity contribution in [1.29, 1.82) is 0 Å². The number of urea groups is 1. The zero-order chi connectivity index (χ0) is 18.2. The highest BCUT2D eigenvalue weighted by Gasteiger charge is 2.24. The van der Waals surface area contributed by atoms with Crippen LogP contribution in [0.4, 0.5) is 4.79 Å². The van der Waals surface area contributed by atoms with Gasteiger partial charge in [0.1, 0.15) is 0 Å². The Morgan fingerprint density at radius 2 is 2.42 bits per heavy atom. The van der Waals surface area contributed by atoms with Crippen molar-refractivity contribution in [2.75, 3.05) is 19.3 Å². The average molecular weight is 377 g/mol. The number of ether oxygens (including phenoxy) is 1. The van der Waals surface area contributed by atoms with Gasteiger partial charge in [-0.25, -0.2) is 4.79 Å². The van der Waals surface area contributed by atoms with Crippen molar-refractivity contribution in [2.45, 2.75) is 37.9 Å². The van der Waals surface area contributed by atoms with Gasteiger partial charge in [0.05, 0.1) is 30.7 Å². The lowest BCUT2D eigenvalue weighted by atomic mass is 10.1. The smallest absolute Gasteiger partial charge is 0.317 e. The summed E-state index contributed by atoms with van der Waals surface area (Å²) in [6, 6.07) is 5.61. The van der Waals surface area contributed by atoms with E-state index in [0.717, 1.165) is 25.1 Å². The molecule has 2 aromatic rings. The van der Waals surface area contributed by atoms with E-state index in [1.807, 2.05) is 24.5 Å². The lowest BCUT2D eigenvalue weighted by Gasteiger charge is -2.32. The van der Waals surface area contributed by atoms with E-state index in [4.69, 9.17) is 9.26 Å². The summed E-state index contributed by atoms with van der Waals surface area (Å²) in [7, 11) is 0. The minimum absolute atomic E-state index is 0.0214. The van der Waals surface area contributed by atoms with Gasteiger partial charge in [-0.05, 0) is 31.2 Å². The number of carbonyl (C=O) groups is 1. The molecule has 1 unspecified atom stereocenters. The number of aromatic nitrogens is 3. The van der Waals surface area contributed by atoms with Crippen LogP contribution in [0.3, 0.4) is 0 Å². The maximum atomic E-state index is 12.4. The van der Waals surface area contributed by atoms with Gasteiger partial charge in [-0.1, -0.05) is 11.2 Å². The van der Waals surface area contributed by atoms with E-state index in [1.165, 1.54) is 0 Å². The number of likely N-dealkylation sites (tertiary alicyclic amines) is 1. The highest BCUT2D eigenvalue weighted by molar-refractivity contribution is 7.97. The van der Waals surface area contributed by atoms with Crippen LogP contribution >= 0.6 is 11.8 Å². The number of hydrogen-bond donors (Lipinski definition) is 1. The minimum atomic E-state index is -0.138. The Bertz CT molecular complexity index is 697. The summed E-state index contributed by atoms with van der Waals surface area (Å²) >= 11 is 1.62. The van der Waals surface area contributed by atoms with Crippen LogP contribution in [0.25, 0.3) is 0 Å². The molecular weight excluding hydrogens is 354 g/mol. The summed E-state index contributed by atoms with van der Waals surface area (Å²) in [4.78, 5) is 22.6. The normalized spacial score (nSPS) is 17.3. The third kappa shape index (κ3) is 5.43. The molecule has 2 aromatic heterocycles. The van der Waals surface area contributed by atoms with Crippen molar-refractivity contribution in [3.8, 4) is 0 Å². The summed E-state index contributed by atoms with van der Waals surface area (Å²) in [6.45, 7) is 1.98. The van der Waals surface area contributed by atoms with E-state index < -0.39 is 0 Å². The molecule has 0 radical (unpaired) electrons. The maximum absolute atomic E-state index is 12.4. The van der Waals surface area contributed by atoms with Crippen LogP contribution in [-0.4, -0.2) is 51.5 Å². The second kappa shape index (κ2) is 9.54. The molecule has 2 amide bonds. The summed E-state index contributed by atoms with van der Waals surface area (Å²) in [5, 5.41) is 6.70. The van der Waals surface area contributed by atoms with Gasteiger partial charge in [0.15, 0.2) is 5.82 Å². The van der Waals surface area contributed by atoms with Crippen molar-refractivity contribution in [1.82, 2.24) is 25.3 Å². The molecule has 3 heterocycles. The van der Waals surface area contributed by atoms with Gasteiger partial charge in [-0.2, -0.15) is 16.7 Å². The molecule has 140 valence electrons. The number of amides is 2. The van der Waals surface area contributed by atoms with Crippen LogP contribution in [0.5, 0.6) is 0 Å². The Hall–Kier alpha value is -2.13. The van der Waals surface area contributed by atoms with Crippen LogP contribution in [0.2, 0.25) is 0 Å². The Morgan fingerprint density at radius 1 is 1.50 bits per heavy atom. The van der Waals surface area contributed by atoms with E-state index in [1.54, 1.807) is 22.9 Å². The molecule has 0 aliphatic carbocycles. The predicted molar refractivity (Wildman–Crippen MR) is 97.4 cm³/mol. The number of pyridine rings is 1. The van der Waals surface area contributed by atoms with E-state index in [-0.39, 0.29) is 18.7 Å². The molecule has 1 aliphatic heterocycles. The van der Waals surface area contributed by atoms with Crippen LogP contribution in [0.1, 0.15) is 30.3 Å². The zero-order valence-corrected chi connectivity index (χ0v) is 15.6. The van der Waals surface area contributed by atoms with Gasteiger partial charge in [0.25, 0.3) is 0 Å². The maximum Gasteiger partial charge on any atom is 0.317 e. The predicted octanol–water partition coefficient (Wildman–Crippen LogP) is 2.22. The largest absolute Gasteiger partial charge is 0.370 e. The molecule has 3 rings (SSSR count). The number of rotatable bonds is 7. The Morgan fingerprint density at radius 3 is 3.23 bits per heavy atom. The first-order chi connectivity index (χ1) is 12.7. The molecule has 1 fully saturated rings. The summed E-state index contributed by atoms with van der Waals surface area (Å²) < 4.78 is 11.0. The molecule has 0 spiro atoms. The molecular formula is C17H23N5O3S. The van der Waals surface area contributed by atoms with Crippen molar-refractivity contribution < 1.29 is 14.1 Å². The lowest BCUT2D eigenvalue weighted by molar-refractivity contribution is -0.00173. The third-order valence-electron chi connectivity index (χ3n) is 4.03. The van der Waals surface area contributed by atoms with Crippen LogP contribution in [-0.2, 0) is 23.6 Å². The third-order valence-corrected chi connectivity index (χ3v) is 4.58. The van der Waals surface area contributed by atoms with Crippen molar-refractivity contribution in [2.24, 2.45) is 0 Å². The molecule has 0 bridgehead atoms. The Balaban J connectivity index is 1.43. The molecule has 1 saturated heterocycles. The number of thioether (sulfide) groups is 1. The monoisotopic (exact) mass is 377 g/mol. The summed E-state index contributed by atoms with van der Waals surface area (Å²) in [5.41, 5.74) is 0.895. The van der Waals surface area contributed by atoms with Crippen LogP contribution in [0, 0.1) is 0 Å². The van der Waals surface area contributed by atoms with Gasteiger partial charge in [0, 0.05) is 19.3 Å². The lowest BCUT2D eigenvalue weighted by Crippen LogP contribution is -2.47. The minimum Gasteiger partial charge on any atom is -0.370 e. The fourth-order valence-electron chi connectivity index (χ4n) is 2.76. The van der Waals surface area contributed by atoms with Crippen LogP contribution in [0.15, 0.2) is 28.9 Å². The molecule has 1 N–H and O–H groups in total. The van der Waals surface area contributed by atoms with Crippen molar-refractivity contribution in [3.63, 3.8) is 0 Å². The first-order valence-electron chi connectivity index (χ1n) is 8.59. The quantitative estimate of drug-likeness (QED) is 0.791.